The molecule has 0 spiro atoms. The Morgan fingerprint density at radius 2 is 2.37 bits per heavy atom. The molecule has 0 aliphatic carbocycles. The van der Waals surface area contributed by atoms with E-state index in [1.807, 2.05) is 0 Å². The summed E-state index contributed by atoms with van der Waals surface area (Å²) in [6.07, 6.45) is 3.65. The van der Waals surface area contributed by atoms with Crippen molar-refractivity contribution >= 4 is 12.0 Å². The van der Waals surface area contributed by atoms with Gasteiger partial charge in [-0.15, -0.1) is 0 Å². The van der Waals surface area contributed by atoms with Gasteiger partial charge in [0.1, 0.15) is 5.75 Å². The highest BCUT2D eigenvalue weighted by Crippen LogP contribution is 2.23. The predicted octanol–water partition coefficient (Wildman–Crippen LogP) is 2.36. The summed E-state index contributed by atoms with van der Waals surface area (Å²) in [7, 11) is 0. The second kappa shape index (κ2) is 6.29. The molecule has 1 heterocycles. The van der Waals surface area contributed by atoms with Crippen molar-refractivity contribution < 1.29 is 19.2 Å². The van der Waals surface area contributed by atoms with Crippen LogP contribution in [0.25, 0.3) is 0 Å². The SMILES string of the molecule is O=Cc1cc([N+](=O)[O-])ccc1OCCC1CCCO1. The number of nitro benzene ring substituents is 1. The summed E-state index contributed by atoms with van der Waals surface area (Å²) < 4.78 is 11.0. The Morgan fingerprint density at radius 3 is 3.00 bits per heavy atom. The van der Waals surface area contributed by atoms with Crippen LogP contribution in [0.4, 0.5) is 5.69 Å². The van der Waals surface area contributed by atoms with Crippen molar-refractivity contribution in [1.82, 2.24) is 0 Å². The number of nitrogens with zero attached hydrogens (tertiary/aromatic N) is 1. The fourth-order valence-corrected chi connectivity index (χ4v) is 2.05. The highest BCUT2D eigenvalue weighted by Gasteiger charge is 2.16. The zero-order valence-corrected chi connectivity index (χ0v) is 10.4. The Balaban J connectivity index is 1.95. The molecule has 1 fully saturated rings. The molecule has 6 nitrogen and oxygen atoms in total. The average molecular weight is 265 g/mol. The second-order valence-electron chi connectivity index (χ2n) is 4.37. The van der Waals surface area contributed by atoms with Crippen molar-refractivity contribution in [3.63, 3.8) is 0 Å². The molecule has 1 aromatic rings. The second-order valence-corrected chi connectivity index (χ2v) is 4.37. The summed E-state index contributed by atoms with van der Waals surface area (Å²) >= 11 is 0. The minimum atomic E-state index is -0.539. The minimum absolute atomic E-state index is 0.117. The number of benzene rings is 1. The van der Waals surface area contributed by atoms with Gasteiger partial charge in [0.05, 0.1) is 23.2 Å². The number of non-ortho nitro benzene ring substituents is 1. The summed E-state index contributed by atoms with van der Waals surface area (Å²) in [5.74, 6) is 0.374. The molecule has 0 bridgehead atoms. The molecule has 6 heteroatoms. The van der Waals surface area contributed by atoms with Crippen LogP contribution in [0.1, 0.15) is 29.6 Å². The highest BCUT2D eigenvalue weighted by atomic mass is 16.6. The normalized spacial score (nSPS) is 18.2. The van der Waals surface area contributed by atoms with Gasteiger partial charge in [-0.3, -0.25) is 14.9 Å². The first-order valence-corrected chi connectivity index (χ1v) is 6.18. The standard InChI is InChI=1S/C13H15NO5/c15-9-10-8-11(14(16)17)3-4-13(10)19-7-5-12-2-1-6-18-12/h3-4,8-9,12H,1-2,5-7H2. The first kappa shape index (κ1) is 13.5. The van der Waals surface area contributed by atoms with E-state index < -0.39 is 4.92 Å². The van der Waals surface area contributed by atoms with E-state index in [-0.39, 0.29) is 17.4 Å². The first-order valence-electron chi connectivity index (χ1n) is 6.18. The zero-order valence-electron chi connectivity index (χ0n) is 10.4. The minimum Gasteiger partial charge on any atom is -0.493 e. The molecule has 1 aliphatic heterocycles. The summed E-state index contributed by atoms with van der Waals surface area (Å²) in [4.78, 5) is 21.0. The number of carbonyl (C=O) groups is 1. The van der Waals surface area contributed by atoms with Gasteiger partial charge in [0, 0.05) is 25.2 Å². The largest absolute Gasteiger partial charge is 0.493 e. The number of hydrogen-bond donors (Lipinski definition) is 0. The van der Waals surface area contributed by atoms with Gasteiger partial charge in [-0.2, -0.15) is 0 Å². The van der Waals surface area contributed by atoms with E-state index in [0.29, 0.717) is 18.6 Å². The molecule has 1 unspecified atom stereocenters. The summed E-state index contributed by atoms with van der Waals surface area (Å²) in [6.45, 7) is 1.23. The smallest absolute Gasteiger partial charge is 0.270 e. The van der Waals surface area contributed by atoms with Crippen LogP contribution in [0.2, 0.25) is 0 Å². The quantitative estimate of drug-likeness (QED) is 0.448. The van der Waals surface area contributed by atoms with Crippen molar-refractivity contribution in [3.05, 3.63) is 33.9 Å². The number of aldehydes is 1. The van der Waals surface area contributed by atoms with Crippen LogP contribution in [-0.4, -0.2) is 30.5 Å². The number of hydrogen-bond acceptors (Lipinski definition) is 5. The summed E-state index contributed by atoms with van der Waals surface area (Å²) in [5.41, 5.74) is 0.0788. The van der Waals surface area contributed by atoms with E-state index >= 15 is 0 Å². The van der Waals surface area contributed by atoms with E-state index in [4.69, 9.17) is 9.47 Å². The van der Waals surface area contributed by atoms with E-state index in [2.05, 4.69) is 0 Å². The molecule has 0 amide bonds. The Kier molecular flexibility index (Phi) is 4.46. The van der Waals surface area contributed by atoms with Gasteiger partial charge in [0.25, 0.3) is 5.69 Å². The lowest BCUT2D eigenvalue weighted by Crippen LogP contribution is -2.11. The predicted molar refractivity (Wildman–Crippen MR) is 67.6 cm³/mol. The maximum Gasteiger partial charge on any atom is 0.270 e. The summed E-state index contributed by atoms with van der Waals surface area (Å²) in [6, 6.07) is 4.00. The Labute approximate surface area is 110 Å². The van der Waals surface area contributed by atoms with Crippen molar-refractivity contribution in [2.24, 2.45) is 0 Å². The van der Waals surface area contributed by atoms with E-state index in [1.165, 1.54) is 18.2 Å². The number of rotatable bonds is 6. The lowest BCUT2D eigenvalue weighted by atomic mass is 10.2. The fraction of sp³-hybridized carbons (Fsp3) is 0.462. The molecule has 1 atom stereocenters. The van der Waals surface area contributed by atoms with Crippen LogP contribution in [0.15, 0.2) is 18.2 Å². The van der Waals surface area contributed by atoms with Crippen molar-refractivity contribution in [3.8, 4) is 5.75 Å². The van der Waals surface area contributed by atoms with Gasteiger partial charge in [-0.05, 0) is 18.9 Å². The van der Waals surface area contributed by atoms with Crippen molar-refractivity contribution in [2.75, 3.05) is 13.2 Å². The molecule has 0 saturated carbocycles. The Morgan fingerprint density at radius 1 is 1.53 bits per heavy atom. The fourth-order valence-electron chi connectivity index (χ4n) is 2.05. The summed E-state index contributed by atoms with van der Waals surface area (Å²) in [5, 5.41) is 10.6. The van der Waals surface area contributed by atoms with Gasteiger partial charge in [-0.1, -0.05) is 0 Å². The lowest BCUT2D eigenvalue weighted by Gasteiger charge is -2.11. The molecule has 1 aromatic carbocycles. The van der Waals surface area contributed by atoms with E-state index in [0.717, 1.165) is 25.9 Å². The van der Waals surface area contributed by atoms with Crippen LogP contribution in [0.3, 0.4) is 0 Å². The van der Waals surface area contributed by atoms with Crippen LogP contribution in [-0.2, 0) is 4.74 Å². The van der Waals surface area contributed by atoms with Crippen LogP contribution in [0.5, 0.6) is 5.75 Å². The van der Waals surface area contributed by atoms with E-state index in [9.17, 15) is 14.9 Å². The number of carbonyl (C=O) groups excluding carboxylic acids is 1. The van der Waals surface area contributed by atoms with Crippen molar-refractivity contribution in [1.29, 1.82) is 0 Å². The lowest BCUT2D eigenvalue weighted by molar-refractivity contribution is -0.384. The maximum atomic E-state index is 10.9. The van der Waals surface area contributed by atoms with Gasteiger partial charge >= 0.3 is 0 Å². The molecule has 0 aromatic heterocycles. The molecule has 1 saturated heterocycles. The van der Waals surface area contributed by atoms with Crippen molar-refractivity contribution in [2.45, 2.75) is 25.4 Å². The monoisotopic (exact) mass is 265 g/mol. The molecule has 0 N–H and O–H groups in total. The Hall–Kier alpha value is -1.95. The van der Waals surface area contributed by atoms with Gasteiger partial charge in [0.15, 0.2) is 6.29 Å². The topological polar surface area (TPSA) is 78.7 Å². The highest BCUT2D eigenvalue weighted by molar-refractivity contribution is 5.80. The van der Waals surface area contributed by atoms with Gasteiger partial charge < -0.3 is 9.47 Å². The van der Waals surface area contributed by atoms with Gasteiger partial charge in [0.2, 0.25) is 0 Å². The molecule has 102 valence electrons. The Bertz CT molecular complexity index is 468. The average Bonchev–Trinajstić information content (AvgIpc) is 2.92. The van der Waals surface area contributed by atoms with Crippen LogP contribution in [0, 0.1) is 10.1 Å². The molecular formula is C13H15NO5. The molecule has 19 heavy (non-hydrogen) atoms. The molecule has 1 aliphatic rings. The number of ether oxygens (including phenoxy) is 2. The van der Waals surface area contributed by atoms with Crippen LogP contribution >= 0.6 is 0 Å². The maximum absolute atomic E-state index is 10.9. The zero-order chi connectivity index (χ0) is 13.7. The third kappa shape index (κ3) is 3.51. The van der Waals surface area contributed by atoms with Gasteiger partial charge in [-0.25, -0.2) is 0 Å². The third-order valence-electron chi connectivity index (χ3n) is 3.05. The van der Waals surface area contributed by atoms with E-state index in [1.54, 1.807) is 0 Å². The first-order chi connectivity index (χ1) is 9.20. The molecular weight excluding hydrogens is 250 g/mol. The van der Waals surface area contributed by atoms with Crippen LogP contribution < -0.4 is 4.74 Å². The number of nitro groups is 1. The third-order valence-corrected chi connectivity index (χ3v) is 3.05. The molecule has 0 radical (unpaired) electrons. The molecule has 2 rings (SSSR count).